The van der Waals surface area contributed by atoms with Gasteiger partial charge < -0.3 is 20.9 Å². The van der Waals surface area contributed by atoms with Crippen molar-refractivity contribution < 1.29 is 14.6 Å². The van der Waals surface area contributed by atoms with Gasteiger partial charge in [0.15, 0.2) is 11.5 Å². The Morgan fingerprint density at radius 1 is 1.29 bits per heavy atom. The number of hydrogen-bond acceptors (Lipinski definition) is 4. The number of carbonyl (C=O) groups is 1. The van der Waals surface area contributed by atoms with Crippen LogP contribution < -0.4 is 15.8 Å². The number of nitrogens with two attached hydrogens (primary N) is 1. The summed E-state index contributed by atoms with van der Waals surface area (Å²) in [6, 6.07) is 12.3. The Kier molecular flexibility index (Phi) is 4.66. The molecule has 0 saturated carbocycles. The standard InChI is InChI=1S/C16H18N2O3/c1-2-21-14-8-4-6-12(15(14)19)10-18-13-7-3-5-11(9-13)16(17)20/h3-9,18-19H,2,10H2,1H3,(H2,17,20). The van der Waals surface area contributed by atoms with E-state index in [1.807, 2.05) is 25.1 Å². The molecule has 0 aliphatic rings. The van der Waals surface area contributed by atoms with E-state index in [1.165, 1.54) is 0 Å². The second-order valence-electron chi connectivity index (χ2n) is 4.50. The van der Waals surface area contributed by atoms with Gasteiger partial charge in [0, 0.05) is 23.4 Å². The molecule has 110 valence electrons. The first-order chi connectivity index (χ1) is 10.1. The average Bonchev–Trinajstić information content (AvgIpc) is 2.48. The number of ether oxygens (including phenoxy) is 1. The Bertz CT molecular complexity index is 641. The Balaban J connectivity index is 2.11. The number of hydrogen-bond donors (Lipinski definition) is 3. The van der Waals surface area contributed by atoms with E-state index in [2.05, 4.69) is 5.32 Å². The quantitative estimate of drug-likeness (QED) is 0.761. The molecule has 1 amide bonds. The third-order valence-electron chi connectivity index (χ3n) is 3.01. The van der Waals surface area contributed by atoms with Gasteiger partial charge in [0.1, 0.15) is 0 Å². The molecule has 0 unspecified atom stereocenters. The average molecular weight is 286 g/mol. The van der Waals surface area contributed by atoms with Gasteiger partial charge in [-0.3, -0.25) is 4.79 Å². The summed E-state index contributed by atoms with van der Waals surface area (Å²) in [4.78, 5) is 11.1. The predicted octanol–water partition coefficient (Wildman–Crippen LogP) is 2.50. The molecule has 21 heavy (non-hydrogen) atoms. The topological polar surface area (TPSA) is 84.6 Å². The zero-order valence-electron chi connectivity index (χ0n) is 11.8. The smallest absolute Gasteiger partial charge is 0.248 e. The van der Waals surface area contributed by atoms with Gasteiger partial charge in [0.25, 0.3) is 0 Å². The Morgan fingerprint density at radius 3 is 2.76 bits per heavy atom. The minimum atomic E-state index is -0.472. The van der Waals surface area contributed by atoms with E-state index in [4.69, 9.17) is 10.5 Å². The Morgan fingerprint density at radius 2 is 2.05 bits per heavy atom. The number of benzene rings is 2. The van der Waals surface area contributed by atoms with E-state index >= 15 is 0 Å². The molecule has 0 aliphatic carbocycles. The van der Waals surface area contributed by atoms with Crippen LogP contribution in [0.3, 0.4) is 0 Å². The van der Waals surface area contributed by atoms with Crippen molar-refractivity contribution >= 4 is 11.6 Å². The summed E-state index contributed by atoms with van der Waals surface area (Å²) in [6.45, 7) is 2.76. The largest absolute Gasteiger partial charge is 0.504 e. The number of rotatable bonds is 6. The first kappa shape index (κ1) is 14.7. The fourth-order valence-corrected chi connectivity index (χ4v) is 1.96. The van der Waals surface area contributed by atoms with Crippen LogP contribution in [0.2, 0.25) is 0 Å². The molecule has 4 N–H and O–H groups in total. The number of phenols is 1. The first-order valence-electron chi connectivity index (χ1n) is 6.69. The molecule has 0 bridgehead atoms. The Labute approximate surface area is 123 Å². The fraction of sp³-hybridized carbons (Fsp3) is 0.188. The van der Waals surface area contributed by atoms with Gasteiger partial charge in [0.05, 0.1) is 6.61 Å². The van der Waals surface area contributed by atoms with Gasteiger partial charge in [-0.25, -0.2) is 0 Å². The molecule has 0 radical (unpaired) electrons. The van der Waals surface area contributed by atoms with Gasteiger partial charge in [-0.2, -0.15) is 0 Å². The zero-order chi connectivity index (χ0) is 15.2. The molecule has 0 spiro atoms. The lowest BCUT2D eigenvalue weighted by Gasteiger charge is -2.12. The van der Waals surface area contributed by atoms with Crippen LogP contribution in [0.25, 0.3) is 0 Å². The van der Waals surface area contributed by atoms with E-state index in [9.17, 15) is 9.90 Å². The van der Waals surface area contributed by atoms with E-state index in [1.54, 1.807) is 24.3 Å². The predicted molar refractivity (Wildman–Crippen MR) is 81.6 cm³/mol. The molecule has 2 rings (SSSR count). The van der Waals surface area contributed by atoms with Crippen molar-refractivity contribution in [2.24, 2.45) is 5.73 Å². The van der Waals surface area contributed by atoms with E-state index in [-0.39, 0.29) is 5.75 Å². The van der Waals surface area contributed by atoms with Crippen molar-refractivity contribution in [3.63, 3.8) is 0 Å². The van der Waals surface area contributed by atoms with Crippen LogP contribution in [-0.2, 0) is 6.54 Å². The summed E-state index contributed by atoms with van der Waals surface area (Å²) in [6.07, 6.45) is 0. The summed E-state index contributed by atoms with van der Waals surface area (Å²) >= 11 is 0. The SMILES string of the molecule is CCOc1cccc(CNc2cccc(C(N)=O)c2)c1O. The number of carbonyl (C=O) groups excluding carboxylic acids is 1. The number of phenolic OH excluding ortho intramolecular Hbond substituents is 1. The maximum absolute atomic E-state index is 11.1. The third kappa shape index (κ3) is 3.66. The molecule has 0 aliphatic heterocycles. The molecule has 0 aromatic heterocycles. The van der Waals surface area contributed by atoms with Crippen LogP contribution in [0.4, 0.5) is 5.69 Å². The molecule has 2 aromatic rings. The maximum atomic E-state index is 11.1. The zero-order valence-corrected chi connectivity index (χ0v) is 11.8. The van der Waals surface area contributed by atoms with Crippen LogP contribution in [0, 0.1) is 0 Å². The van der Waals surface area contributed by atoms with Crippen molar-refractivity contribution in [2.75, 3.05) is 11.9 Å². The molecule has 5 heteroatoms. The third-order valence-corrected chi connectivity index (χ3v) is 3.01. The number of primary amides is 1. The highest BCUT2D eigenvalue weighted by atomic mass is 16.5. The lowest BCUT2D eigenvalue weighted by Crippen LogP contribution is -2.11. The highest BCUT2D eigenvalue weighted by Gasteiger charge is 2.08. The van der Waals surface area contributed by atoms with Crippen LogP contribution in [0.15, 0.2) is 42.5 Å². The van der Waals surface area contributed by atoms with Crippen LogP contribution >= 0.6 is 0 Å². The summed E-state index contributed by atoms with van der Waals surface area (Å²) in [5, 5.41) is 13.2. The van der Waals surface area contributed by atoms with E-state index in [0.29, 0.717) is 30.0 Å². The monoisotopic (exact) mass is 286 g/mol. The first-order valence-corrected chi connectivity index (χ1v) is 6.69. The van der Waals surface area contributed by atoms with Crippen molar-refractivity contribution in [3.05, 3.63) is 53.6 Å². The highest BCUT2D eigenvalue weighted by Crippen LogP contribution is 2.30. The van der Waals surface area contributed by atoms with Gasteiger partial charge in [-0.05, 0) is 31.2 Å². The highest BCUT2D eigenvalue weighted by molar-refractivity contribution is 5.93. The minimum absolute atomic E-state index is 0.123. The van der Waals surface area contributed by atoms with E-state index < -0.39 is 5.91 Å². The molecule has 0 saturated heterocycles. The van der Waals surface area contributed by atoms with Gasteiger partial charge in [0.2, 0.25) is 5.91 Å². The molecule has 2 aromatic carbocycles. The number of para-hydroxylation sites is 1. The van der Waals surface area contributed by atoms with E-state index in [0.717, 1.165) is 5.69 Å². The normalized spacial score (nSPS) is 10.1. The molecule has 0 heterocycles. The number of aromatic hydroxyl groups is 1. The number of nitrogens with one attached hydrogen (secondary N) is 1. The lowest BCUT2D eigenvalue weighted by molar-refractivity contribution is 0.100. The van der Waals surface area contributed by atoms with Crippen molar-refractivity contribution in [2.45, 2.75) is 13.5 Å². The van der Waals surface area contributed by atoms with Crippen molar-refractivity contribution in [1.29, 1.82) is 0 Å². The molecular weight excluding hydrogens is 268 g/mol. The maximum Gasteiger partial charge on any atom is 0.248 e. The van der Waals surface area contributed by atoms with Crippen LogP contribution in [-0.4, -0.2) is 17.6 Å². The summed E-state index contributed by atoms with van der Waals surface area (Å²) in [5.41, 5.74) is 7.15. The van der Waals surface area contributed by atoms with Gasteiger partial charge in [-0.15, -0.1) is 0 Å². The van der Waals surface area contributed by atoms with Gasteiger partial charge in [-0.1, -0.05) is 18.2 Å². The lowest BCUT2D eigenvalue weighted by atomic mass is 10.1. The van der Waals surface area contributed by atoms with Crippen LogP contribution in [0.1, 0.15) is 22.8 Å². The fourth-order valence-electron chi connectivity index (χ4n) is 1.96. The van der Waals surface area contributed by atoms with Crippen molar-refractivity contribution in [1.82, 2.24) is 0 Å². The second-order valence-corrected chi connectivity index (χ2v) is 4.50. The van der Waals surface area contributed by atoms with Gasteiger partial charge >= 0.3 is 0 Å². The summed E-state index contributed by atoms with van der Waals surface area (Å²) in [7, 11) is 0. The summed E-state index contributed by atoms with van der Waals surface area (Å²) < 4.78 is 5.34. The molecule has 5 nitrogen and oxygen atoms in total. The summed E-state index contributed by atoms with van der Waals surface area (Å²) in [5.74, 6) is 0.112. The minimum Gasteiger partial charge on any atom is -0.504 e. The molecule has 0 fully saturated rings. The second kappa shape index (κ2) is 6.65. The van der Waals surface area contributed by atoms with Crippen LogP contribution in [0.5, 0.6) is 11.5 Å². The molecule has 0 atom stereocenters. The van der Waals surface area contributed by atoms with Crippen molar-refractivity contribution in [3.8, 4) is 11.5 Å². The molecular formula is C16H18N2O3. The Hall–Kier alpha value is -2.69. The number of anilines is 1. The number of amides is 1.